The molecule has 37 heavy (non-hydrogen) atoms. The van der Waals surface area contributed by atoms with Gasteiger partial charge in [-0.2, -0.15) is 0 Å². The Balaban J connectivity index is 0.000000785. The van der Waals surface area contributed by atoms with Gasteiger partial charge in [0, 0.05) is 24.2 Å². The Labute approximate surface area is 232 Å². The summed E-state index contributed by atoms with van der Waals surface area (Å²) in [6.07, 6.45) is 19.0. The molecular weight excluding hydrogens is 452 g/mol. The third-order valence-electron chi connectivity index (χ3n) is 11.1. The maximum absolute atomic E-state index is 5.17. The van der Waals surface area contributed by atoms with E-state index in [1.165, 1.54) is 89.3 Å². The van der Waals surface area contributed by atoms with E-state index in [9.17, 15) is 0 Å². The van der Waals surface area contributed by atoms with E-state index in [1.54, 1.807) is 6.42 Å². The van der Waals surface area contributed by atoms with Crippen molar-refractivity contribution in [3.8, 4) is 0 Å². The van der Waals surface area contributed by atoms with Gasteiger partial charge in [0.15, 0.2) is 0 Å². The van der Waals surface area contributed by atoms with Crippen LogP contribution >= 0.6 is 0 Å². The van der Waals surface area contributed by atoms with Gasteiger partial charge in [-0.1, -0.05) is 40.5 Å². The van der Waals surface area contributed by atoms with E-state index in [1.807, 2.05) is 27.9 Å². The van der Waals surface area contributed by atoms with Gasteiger partial charge >= 0.3 is 0 Å². The Hall–Kier alpha value is -0.710. The van der Waals surface area contributed by atoms with Crippen molar-refractivity contribution < 1.29 is 0 Å². The lowest BCUT2D eigenvalue weighted by Gasteiger charge is -2.60. The second kappa shape index (κ2) is 16.4. The average Bonchev–Trinajstić information content (AvgIpc) is 3.54. The largest absolute Gasteiger partial charge is 0.344 e. The summed E-state index contributed by atoms with van der Waals surface area (Å²) >= 11 is 0. The summed E-state index contributed by atoms with van der Waals surface area (Å²) in [5.41, 5.74) is 2.72. The van der Waals surface area contributed by atoms with Crippen LogP contribution in [0.4, 0.5) is 0 Å². The summed E-state index contributed by atoms with van der Waals surface area (Å²) in [7, 11) is 3.75. The molecule has 4 aliphatic carbocycles. The van der Waals surface area contributed by atoms with Crippen LogP contribution in [0.2, 0.25) is 0 Å². The third kappa shape index (κ3) is 7.48. The van der Waals surface area contributed by atoms with Crippen molar-refractivity contribution in [2.75, 3.05) is 27.2 Å². The van der Waals surface area contributed by atoms with Gasteiger partial charge in [-0.25, -0.2) is 0 Å². The molecule has 4 heteroatoms. The Bertz CT molecular complexity index is 657. The van der Waals surface area contributed by atoms with Crippen molar-refractivity contribution >= 4 is 5.71 Å². The second-order valence-electron chi connectivity index (χ2n) is 12.7. The fourth-order valence-corrected chi connectivity index (χ4v) is 9.49. The molecule has 1 heterocycles. The molecule has 5 fully saturated rings. The molecule has 5 N–H and O–H groups in total. The monoisotopic (exact) mass is 519 g/mol. The molecule has 0 radical (unpaired) electrons. The smallest absolute Gasteiger partial charge is 0.0403 e. The number of nitrogens with zero attached hydrogens (tertiary/aromatic N) is 1. The van der Waals surface area contributed by atoms with Crippen molar-refractivity contribution in [3.63, 3.8) is 0 Å². The maximum atomic E-state index is 5.17. The summed E-state index contributed by atoms with van der Waals surface area (Å²) < 4.78 is 0. The number of fused-ring (bicyclic) bond motifs is 5. The summed E-state index contributed by atoms with van der Waals surface area (Å²) in [4.78, 5) is 5.17. The Morgan fingerprint density at radius 2 is 1.54 bits per heavy atom. The first kappa shape index (κ1) is 34.3. The summed E-state index contributed by atoms with van der Waals surface area (Å²) in [5.74, 6) is 4.85. The van der Waals surface area contributed by atoms with Crippen molar-refractivity contribution in [1.82, 2.24) is 16.8 Å². The molecule has 1 aliphatic heterocycles. The Morgan fingerprint density at radius 3 is 2.19 bits per heavy atom. The molecule has 5 rings (SSSR count). The lowest BCUT2D eigenvalue weighted by Crippen LogP contribution is -2.53. The fraction of sp³-hybridized carbons (Fsp3) is 0.909. The molecule has 0 aromatic carbocycles. The van der Waals surface area contributed by atoms with Gasteiger partial charge in [-0.05, 0) is 133 Å². The maximum Gasteiger partial charge on any atom is 0.0403 e. The molecule has 8 atom stereocenters. The Kier molecular flexibility index (Phi) is 15.2. The number of hydrogen-bond donors (Lipinski definition) is 3. The minimum Gasteiger partial charge on any atom is -0.344 e. The first-order valence-corrected chi connectivity index (χ1v) is 15.8. The number of nitrogens with one attached hydrogen (secondary N) is 2. The van der Waals surface area contributed by atoms with Gasteiger partial charge in [0.05, 0.1) is 0 Å². The fourth-order valence-electron chi connectivity index (χ4n) is 9.49. The molecule has 218 valence electrons. The average molecular weight is 519 g/mol. The highest BCUT2D eigenvalue weighted by Crippen LogP contribution is 2.67. The molecule has 0 aromatic rings. The molecule has 4 saturated carbocycles. The van der Waals surface area contributed by atoms with Gasteiger partial charge in [-0.15, -0.1) is 13.2 Å². The van der Waals surface area contributed by atoms with E-state index >= 15 is 0 Å². The molecule has 0 bridgehead atoms. The highest BCUT2D eigenvalue weighted by molar-refractivity contribution is 5.85. The van der Waals surface area contributed by atoms with Gasteiger partial charge < -0.3 is 16.8 Å². The summed E-state index contributed by atoms with van der Waals surface area (Å²) in [6, 6.07) is 0.736. The van der Waals surface area contributed by atoms with Gasteiger partial charge in [0.25, 0.3) is 0 Å². The van der Waals surface area contributed by atoms with E-state index in [4.69, 9.17) is 4.99 Å². The highest BCUT2D eigenvalue weighted by atomic mass is 14.9. The van der Waals surface area contributed by atoms with Crippen molar-refractivity contribution in [3.05, 3.63) is 13.2 Å². The molecule has 5 aliphatic rings. The first-order chi connectivity index (χ1) is 17.4. The van der Waals surface area contributed by atoms with Crippen molar-refractivity contribution in [1.29, 1.82) is 0 Å². The topological polar surface area (TPSA) is 71.4 Å². The SMILES string of the molecule is C=C.CC.CC(=NCCC1CCCN1)C1CCC2C3CCC4CCCCC4(C)C3CCC12C.CNC.N. The van der Waals surface area contributed by atoms with E-state index in [0.29, 0.717) is 10.8 Å². The lowest BCUT2D eigenvalue weighted by atomic mass is 9.45. The van der Waals surface area contributed by atoms with Crippen molar-refractivity contribution in [2.24, 2.45) is 45.4 Å². The van der Waals surface area contributed by atoms with Crippen LogP contribution in [-0.4, -0.2) is 38.9 Å². The zero-order valence-corrected chi connectivity index (χ0v) is 26.1. The highest BCUT2D eigenvalue weighted by Gasteiger charge is 2.59. The van der Waals surface area contributed by atoms with Crippen LogP contribution in [0.25, 0.3) is 0 Å². The van der Waals surface area contributed by atoms with Crippen LogP contribution in [0, 0.1) is 40.4 Å². The molecule has 1 saturated heterocycles. The zero-order valence-electron chi connectivity index (χ0n) is 26.1. The number of rotatable bonds is 4. The van der Waals surface area contributed by atoms with Crippen LogP contribution in [-0.2, 0) is 0 Å². The van der Waals surface area contributed by atoms with E-state index in [-0.39, 0.29) is 6.15 Å². The number of hydrogen-bond acceptors (Lipinski definition) is 4. The van der Waals surface area contributed by atoms with Crippen LogP contribution in [0.3, 0.4) is 0 Å². The van der Waals surface area contributed by atoms with Crippen molar-refractivity contribution in [2.45, 2.75) is 124 Å². The van der Waals surface area contributed by atoms with Crippen LogP contribution in [0.1, 0.15) is 118 Å². The van der Waals surface area contributed by atoms with E-state index in [2.05, 4.69) is 44.6 Å². The quantitative estimate of drug-likeness (QED) is 0.258. The molecular formula is C33H66N4. The molecule has 0 aromatic heterocycles. The van der Waals surface area contributed by atoms with E-state index < -0.39 is 0 Å². The van der Waals surface area contributed by atoms with Crippen LogP contribution in [0.5, 0.6) is 0 Å². The lowest BCUT2D eigenvalue weighted by molar-refractivity contribution is -0.106. The standard InChI is InChI=1S/C27H46N2.C2H7N.C2H6.C2H4.H3N/c1-19(28-18-14-21-8-6-17-29-21)23-11-12-24-22-10-9-20-7-4-5-15-26(20,2)25(22)13-16-27(23,24)3;1-3-2;2*1-2;/h20-25,29H,4-18H2,1-3H3;3H,1-2H3;1-2H3;1-2H2;1H3. The summed E-state index contributed by atoms with van der Waals surface area (Å²) in [5, 5.41) is 6.39. The minimum atomic E-state index is 0. The second-order valence-corrected chi connectivity index (χ2v) is 12.7. The van der Waals surface area contributed by atoms with Gasteiger partial charge in [-0.3, -0.25) is 4.99 Å². The van der Waals surface area contributed by atoms with E-state index in [0.717, 1.165) is 42.2 Å². The summed E-state index contributed by atoms with van der Waals surface area (Å²) in [6.45, 7) is 20.0. The Morgan fingerprint density at radius 1 is 0.865 bits per heavy atom. The van der Waals surface area contributed by atoms with Crippen LogP contribution < -0.4 is 16.8 Å². The predicted octanol–water partition coefficient (Wildman–Crippen LogP) is 8.46. The molecule has 0 amide bonds. The molecule has 8 unspecified atom stereocenters. The normalized spacial score (nSPS) is 40.0. The minimum absolute atomic E-state index is 0. The number of aliphatic imine (C=N–C) groups is 1. The predicted molar refractivity (Wildman–Crippen MR) is 166 cm³/mol. The van der Waals surface area contributed by atoms with Gasteiger partial charge in [0.1, 0.15) is 0 Å². The molecule has 0 spiro atoms. The zero-order chi connectivity index (χ0) is 26.8. The first-order valence-electron chi connectivity index (χ1n) is 15.8. The van der Waals surface area contributed by atoms with Crippen LogP contribution in [0.15, 0.2) is 18.2 Å². The third-order valence-corrected chi connectivity index (χ3v) is 11.1. The molecule has 4 nitrogen and oxygen atoms in total. The van der Waals surface area contributed by atoms with Gasteiger partial charge in [0.2, 0.25) is 0 Å².